The Morgan fingerprint density at radius 2 is 2.07 bits per heavy atom. The quantitative estimate of drug-likeness (QED) is 0.549. The van der Waals surface area contributed by atoms with Gasteiger partial charge in [-0.1, -0.05) is 47.5 Å². The van der Waals surface area contributed by atoms with Crippen molar-refractivity contribution in [3.8, 4) is 5.75 Å². The Hall–Kier alpha value is -2.54. The number of carbonyl (C=O) groups excluding carboxylic acids is 1. The molecule has 0 bridgehead atoms. The number of carbonyl (C=O) groups is 1. The lowest BCUT2D eigenvalue weighted by Gasteiger charge is -2.44. The standard InChI is InChI=1S/C21H13Cl2N3O2S/c22-11-8-13-19(14(23)9-11)24-20(27)21(13)26-16(12-4-1-2-5-17(12)28-21)10-15(25-26)18-6-3-7-29-18/h1-9,16H,10H2,(H,24,27)/t16-,21+/m1/s1. The lowest BCUT2D eigenvalue weighted by Crippen LogP contribution is -2.55. The molecule has 0 aliphatic carbocycles. The highest BCUT2D eigenvalue weighted by Gasteiger charge is 2.61. The number of amides is 1. The van der Waals surface area contributed by atoms with Gasteiger partial charge in [0, 0.05) is 17.0 Å². The summed E-state index contributed by atoms with van der Waals surface area (Å²) in [6.07, 6.45) is 0.680. The zero-order chi connectivity index (χ0) is 19.8. The Labute approximate surface area is 180 Å². The van der Waals surface area contributed by atoms with E-state index >= 15 is 0 Å². The van der Waals surface area contributed by atoms with Gasteiger partial charge in [-0.05, 0) is 29.6 Å². The highest BCUT2D eigenvalue weighted by Crippen LogP contribution is 2.55. The number of para-hydroxylation sites is 1. The summed E-state index contributed by atoms with van der Waals surface area (Å²) >= 11 is 14.3. The minimum Gasteiger partial charge on any atom is -0.453 e. The molecule has 8 heteroatoms. The molecule has 6 rings (SSSR count). The van der Waals surface area contributed by atoms with Crippen LogP contribution in [0.3, 0.4) is 0 Å². The van der Waals surface area contributed by atoms with Crippen LogP contribution >= 0.6 is 34.5 Å². The lowest BCUT2D eigenvalue weighted by atomic mass is 9.93. The summed E-state index contributed by atoms with van der Waals surface area (Å²) in [7, 11) is 0. The zero-order valence-electron chi connectivity index (χ0n) is 14.9. The number of halogens is 2. The van der Waals surface area contributed by atoms with Crippen molar-refractivity contribution in [3.05, 3.63) is 80.0 Å². The van der Waals surface area contributed by atoms with Gasteiger partial charge >= 0.3 is 5.72 Å². The molecular weight excluding hydrogens is 429 g/mol. The maximum atomic E-state index is 13.4. The number of benzene rings is 2. The summed E-state index contributed by atoms with van der Waals surface area (Å²) in [5.41, 5.74) is 1.57. The molecule has 29 heavy (non-hydrogen) atoms. The van der Waals surface area contributed by atoms with Gasteiger partial charge < -0.3 is 10.1 Å². The Morgan fingerprint density at radius 3 is 2.90 bits per heavy atom. The van der Waals surface area contributed by atoms with E-state index in [4.69, 9.17) is 33.0 Å². The first kappa shape index (κ1) is 17.3. The first-order valence-corrected chi connectivity index (χ1v) is 10.7. The lowest BCUT2D eigenvalue weighted by molar-refractivity contribution is -0.161. The fourth-order valence-electron chi connectivity index (χ4n) is 4.31. The molecule has 3 aliphatic rings. The Balaban J connectivity index is 1.62. The van der Waals surface area contributed by atoms with Crippen LogP contribution in [0.25, 0.3) is 0 Å². The van der Waals surface area contributed by atoms with E-state index < -0.39 is 5.72 Å². The molecule has 0 fully saturated rings. The van der Waals surface area contributed by atoms with E-state index in [1.165, 1.54) is 0 Å². The molecule has 0 radical (unpaired) electrons. The molecular formula is C21H13Cl2N3O2S. The van der Waals surface area contributed by atoms with E-state index in [1.807, 2.05) is 41.8 Å². The van der Waals surface area contributed by atoms with E-state index in [2.05, 4.69) is 5.32 Å². The molecule has 144 valence electrons. The second kappa shape index (κ2) is 5.98. The predicted octanol–water partition coefficient (Wildman–Crippen LogP) is 5.40. The fraction of sp³-hybridized carbons (Fsp3) is 0.143. The first-order valence-electron chi connectivity index (χ1n) is 9.07. The highest BCUT2D eigenvalue weighted by atomic mass is 35.5. The van der Waals surface area contributed by atoms with Gasteiger partial charge in [-0.3, -0.25) is 4.79 Å². The van der Waals surface area contributed by atoms with E-state index in [9.17, 15) is 4.79 Å². The molecule has 2 atom stereocenters. The molecule has 1 spiro atoms. The van der Waals surface area contributed by atoms with Crippen LogP contribution in [0, 0.1) is 0 Å². The molecule has 0 unspecified atom stereocenters. The van der Waals surface area contributed by atoms with Crippen LogP contribution in [-0.2, 0) is 10.5 Å². The zero-order valence-corrected chi connectivity index (χ0v) is 17.2. The molecule has 0 saturated heterocycles. The molecule has 0 saturated carbocycles. The van der Waals surface area contributed by atoms with E-state index in [1.54, 1.807) is 28.5 Å². The van der Waals surface area contributed by atoms with Gasteiger partial charge in [0.05, 0.1) is 32.9 Å². The third-order valence-corrected chi connectivity index (χ3v) is 6.98. The van der Waals surface area contributed by atoms with Gasteiger partial charge in [-0.25, -0.2) is 5.01 Å². The van der Waals surface area contributed by atoms with Crippen molar-refractivity contribution < 1.29 is 9.53 Å². The van der Waals surface area contributed by atoms with Gasteiger partial charge in [0.15, 0.2) is 0 Å². The number of ether oxygens (including phenoxy) is 1. The number of thiophene rings is 1. The Kier molecular flexibility index (Phi) is 3.57. The largest absolute Gasteiger partial charge is 0.453 e. The maximum Gasteiger partial charge on any atom is 0.306 e. The van der Waals surface area contributed by atoms with Crippen LogP contribution in [-0.4, -0.2) is 16.6 Å². The number of nitrogens with one attached hydrogen (secondary N) is 1. The van der Waals surface area contributed by atoms with Crippen LogP contribution in [0.5, 0.6) is 5.75 Å². The maximum absolute atomic E-state index is 13.4. The van der Waals surface area contributed by atoms with Crippen molar-refractivity contribution in [3.63, 3.8) is 0 Å². The van der Waals surface area contributed by atoms with Crippen LogP contribution in [0.2, 0.25) is 10.0 Å². The topological polar surface area (TPSA) is 53.9 Å². The van der Waals surface area contributed by atoms with Crippen LogP contribution in [0.1, 0.15) is 28.5 Å². The molecule has 1 amide bonds. The van der Waals surface area contributed by atoms with Crippen molar-refractivity contribution in [2.45, 2.75) is 18.2 Å². The number of rotatable bonds is 1. The second-order valence-corrected chi connectivity index (χ2v) is 8.93. The van der Waals surface area contributed by atoms with Crippen molar-refractivity contribution in [1.82, 2.24) is 5.01 Å². The average Bonchev–Trinajstić information content (AvgIpc) is 3.43. The molecule has 4 heterocycles. The summed E-state index contributed by atoms with van der Waals surface area (Å²) in [5, 5.41) is 12.4. The van der Waals surface area contributed by atoms with E-state index in [-0.39, 0.29) is 11.9 Å². The van der Waals surface area contributed by atoms with Crippen molar-refractivity contribution >= 4 is 51.8 Å². The molecule has 3 aromatic rings. The molecule has 5 nitrogen and oxygen atoms in total. The van der Waals surface area contributed by atoms with Gasteiger partial charge in [0.2, 0.25) is 0 Å². The predicted molar refractivity (Wildman–Crippen MR) is 114 cm³/mol. The third kappa shape index (κ3) is 2.28. The number of nitrogens with zero attached hydrogens (tertiary/aromatic N) is 2. The number of hydrogen-bond donors (Lipinski definition) is 1. The fourth-order valence-corrected chi connectivity index (χ4v) is 5.57. The summed E-state index contributed by atoms with van der Waals surface area (Å²) < 4.78 is 6.40. The normalized spacial score (nSPS) is 23.9. The average molecular weight is 442 g/mol. The molecule has 3 aliphatic heterocycles. The second-order valence-electron chi connectivity index (χ2n) is 7.14. The van der Waals surface area contributed by atoms with E-state index in [0.717, 1.165) is 16.2 Å². The summed E-state index contributed by atoms with van der Waals surface area (Å²) in [4.78, 5) is 14.4. The smallest absolute Gasteiger partial charge is 0.306 e. The van der Waals surface area contributed by atoms with Crippen LogP contribution in [0.4, 0.5) is 5.69 Å². The molecule has 1 aromatic heterocycles. The van der Waals surface area contributed by atoms with Crippen molar-refractivity contribution in [2.75, 3.05) is 5.32 Å². The van der Waals surface area contributed by atoms with E-state index in [0.29, 0.717) is 33.5 Å². The SMILES string of the molecule is O=C1Nc2c(Cl)cc(Cl)cc2[C@]12Oc1ccccc1[C@H]1CC(c3cccs3)=NN12. The third-order valence-electron chi connectivity index (χ3n) is 5.54. The van der Waals surface area contributed by atoms with Crippen molar-refractivity contribution in [2.24, 2.45) is 5.10 Å². The number of anilines is 1. The summed E-state index contributed by atoms with van der Waals surface area (Å²) in [6, 6.07) is 15.0. The summed E-state index contributed by atoms with van der Waals surface area (Å²) in [5.74, 6) is 0.336. The minimum absolute atomic E-state index is 0.133. The van der Waals surface area contributed by atoms with Crippen LogP contribution in [0.15, 0.2) is 59.0 Å². The van der Waals surface area contributed by atoms with Gasteiger partial charge in [0.1, 0.15) is 5.75 Å². The number of hydrazone groups is 1. The molecule has 2 aromatic carbocycles. The monoisotopic (exact) mass is 441 g/mol. The van der Waals surface area contributed by atoms with Crippen molar-refractivity contribution in [1.29, 1.82) is 0 Å². The highest BCUT2D eigenvalue weighted by molar-refractivity contribution is 7.12. The summed E-state index contributed by atoms with van der Waals surface area (Å²) in [6.45, 7) is 0. The van der Waals surface area contributed by atoms with Gasteiger partial charge in [0.25, 0.3) is 5.91 Å². The number of fused-ring (bicyclic) bond motifs is 6. The number of hydrogen-bond acceptors (Lipinski definition) is 5. The Bertz CT molecular complexity index is 1210. The van der Waals surface area contributed by atoms with Gasteiger partial charge in [-0.2, -0.15) is 5.10 Å². The Morgan fingerprint density at radius 1 is 1.21 bits per heavy atom. The first-order chi connectivity index (χ1) is 14.1. The van der Waals surface area contributed by atoms with Gasteiger partial charge in [-0.15, -0.1) is 11.3 Å². The van der Waals surface area contributed by atoms with Crippen LogP contribution < -0.4 is 10.1 Å². The minimum atomic E-state index is -1.46. The molecule has 1 N–H and O–H groups in total.